The molecule has 0 spiro atoms. The molecule has 0 amide bonds. The number of ether oxygens (including phenoxy) is 1. The van der Waals surface area contributed by atoms with Gasteiger partial charge >= 0.3 is 0 Å². The average molecular weight is 323 g/mol. The third-order valence-corrected chi connectivity index (χ3v) is 4.69. The van der Waals surface area contributed by atoms with Gasteiger partial charge in [-0.2, -0.15) is 10.4 Å². The van der Waals surface area contributed by atoms with Crippen LogP contribution in [0.4, 0.5) is 4.39 Å². The summed E-state index contributed by atoms with van der Waals surface area (Å²) < 4.78 is 22.5. The van der Waals surface area contributed by atoms with E-state index in [0.717, 1.165) is 50.0 Å². The van der Waals surface area contributed by atoms with Crippen molar-refractivity contribution in [2.75, 3.05) is 6.61 Å². The highest BCUT2D eigenvalue weighted by Gasteiger charge is 2.27. The van der Waals surface area contributed by atoms with Crippen LogP contribution in [0.25, 0.3) is 17.3 Å². The van der Waals surface area contributed by atoms with E-state index >= 15 is 0 Å². The van der Waals surface area contributed by atoms with Crippen molar-refractivity contribution >= 4 is 6.08 Å². The minimum atomic E-state index is -0.504. The fraction of sp³-hybridized carbons (Fsp3) is 0.368. The van der Waals surface area contributed by atoms with Crippen molar-refractivity contribution in [1.82, 2.24) is 9.78 Å². The Labute approximate surface area is 140 Å². The van der Waals surface area contributed by atoms with Crippen molar-refractivity contribution in [1.29, 1.82) is 5.26 Å². The highest BCUT2D eigenvalue weighted by atomic mass is 19.1. The van der Waals surface area contributed by atoms with Crippen LogP contribution in [0.3, 0.4) is 0 Å². The van der Waals surface area contributed by atoms with Crippen LogP contribution in [-0.4, -0.2) is 16.4 Å². The molecule has 0 bridgehead atoms. The Hall–Kier alpha value is -2.45. The van der Waals surface area contributed by atoms with Gasteiger partial charge in [0.1, 0.15) is 17.6 Å². The predicted molar refractivity (Wildman–Crippen MR) is 88.5 cm³/mol. The summed E-state index contributed by atoms with van der Waals surface area (Å²) in [6.45, 7) is 0.739. The van der Waals surface area contributed by atoms with Crippen molar-refractivity contribution in [3.05, 3.63) is 46.9 Å². The van der Waals surface area contributed by atoms with Crippen molar-refractivity contribution in [2.45, 2.75) is 38.3 Å². The van der Waals surface area contributed by atoms with Crippen LogP contribution in [0.5, 0.6) is 0 Å². The largest absolute Gasteiger partial charge is 0.357 e. The van der Waals surface area contributed by atoms with Crippen molar-refractivity contribution in [2.24, 2.45) is 0 Å². The fourth-order valence-electron chi connectivity index (χ4n) is 3.48. The van der Waals surface area contributed by atoms with Gasteiger partial charge in [0.25, 0.3) is 0 Å². The van der Waals surface area contributed by atoms with Crippen LogP contribution in [-0.2, 0) is 11.2 Å². The Morgan fingerprint density at radius 1 is 1.33 bits per heavy atom. The summed E-state index contributed by atoms with van der Waals surface area (Å²) in [6, 6.07) is 6.78. The molecular formula is C19H18FN3O. The normalized spacial score (nSPS) is 19.8. The summed E-state index contributed by atoms with van der Waals surface area (Å²) in [5.74, 6) is -0.504. The van der Waals surface area contributed by atoms with Crippen LogP contribution in [0.1, 0.15) is 48.7 Å². The van der Waals surface area contributed by atoms with Crippen molar-refractivity contribution in [3.8, 4) is 17.3 Å². The highest BCUT2D eigenvalue weighted by Crippen LogP contribution is 2.35. The smallest absolute Gasteiger partial charge is 0.150 e. The number of nitrogens with zero attached hydrogens (tertiary/aromatic N) is 3. The molecule has 2 aromatic rings. The Morgan fingerprint density at radius 2 is 2.25 bits per heavy atom. The predicted octanol–water partition coefficient (Wildman–Crippen LogP) is 4.22. The van der Waals surface area contributed by atoms with Crippen LogP contribution >= 0.6 is 0 Å². The molecule has 1 fully saturated rings. The van der Waals surface area contributed by atoms with Gasteiger partial charge < -0.3 is 4.74 Å². The molecular weight excluding hydrogens is 305 g/mol. The summed E-state index contributed by atoms with van der Waals surface area (Å²) in [4.78, 5) is 0. The van der Waals surface area contributed by atoms with E-state index < -0.39 is 5.82 Å². The van der Waals surface area contributed by atoms with E-state index in [0.29, 0.717) is 11.3 Å². The molecule has 4 nitrogen and oxygen atoms in total. The van der Waals surface area contributed by atoms with Crippen molar-refractivity contribution in [3.63, 3.8) is 0 Å². The van der Waals surface area contributed by atoms with Gasteiger partial charge in [-0.1, -0.05) is 18.2 Å². The lowest BCUT2D eigenvalue weighted by Gasteiger charge is -2.25. The molecule has 1 atom stereocenters. The summed E-state index contributed by atoms with van der Waals surface area (Å²) in [5, 5.41) is 13.8. The summed E-state index contributed by atoms with van der Waals surface area (Å²) in [5.41, 5.74) is 3.08. The van der Waals surface area contributed by atoms with Gasteiger partial charge in [0.15, 0.2) is 6.23 Å². The average Bonchev–Trinajstić information content (AvgIpc) is 3.02. The first-order valence-corrected chi connectivity index (χ1v) is 8.38. The van der Waals surface area contributed by atoms with Gasteiger partial charge in [0.2, 0.25) is 0 Å². The zero-order chi connectivity index (χ0) is 16.5. The van der Waals surface area contributed by atoms with Crippen LogP contribution in [0.15, 0.2) is 24.3 Å². The number of aromatic nitrogens is 2. The third kappa shape index (κ3) is 2.44. The van der Waals surface area contributed by atoms with E-state index in [9.17, 15) is 4.39 Å². The maximum Gasteiger partial charge on any atom is 0.150 e. The van der Waals surface area contributed by atoms with E-state index in [2.05, 4.69) is 6.08 Å². The molecule has 0 N–H and O–H groups in total. The number of nitriles is 1. The molecule has 2 aliphatic rings. The molecule has 1 aromatic carbocycles. The summed E-state index contributed by atoms with van der Waals surface area (Å²) in [6.07, 6.45) is 8.97. The lowest BCUT2D eigenvalue weighted by molar-refractivity contribution is -0.0410. The number of allylic oxidation sites excluding steroid dienone is 1. The maximum absolute atomic E-state index is 14.7. The van der Waals surface area contributed by atoms with Gasteiger partial charge in [-0.25, -0.2) is 9.07 Å². The van der Waals surface area contributed by atoms with Gasteiger partial charge in [0.05, 0.1) is 5.56 Å². The Morgan fingerprint density at radius 3 is 3.04 bits per heavy atom. The maximum atomic E-state index is 14.7. The minimum absolute atomic E-state index is 0.0458. The lowest BCUT2D eigenvalue weighted by Crippen LogP contribution is -2.21. The molecule has 1 aliphatic carbocycles. The third-order valence-electron chi connectivity index (χ3n) is 4.69. The fourth-order valence-corrected chi connectivity index (χ4v) is 3.48. The molecule has 5 heteroatoms. The van der Waals surface area contributed by atoms with Gasteiger partial charge in [-0.3, -0.25) is 0 Å². The van der Waals surface area contributed by atoms with E-state index in [1.807, 2.05) is 16.8 Å². The Kier molecular flexibility index (Phi) is 3.91. The van der Waals surface area contributed by atoms with E-state index in [1.165, 1.54) is 6.07 Å². The molecule has 1 unspecified atom stereocenters. The van der Waals surface area contributed by atoms with Crippen LogP contribution in [0.2, 0.25) is 0 Å². The monoisotopic (exact) mass is 323 g/mol. The zero-order valence-corrected chi connectivity index (χ0v) is 13.3. The number of hydrogen-bond acceptors (Lipinski definition) is 3. The molecule has 24 heavy (non-hydrogen) atoms. The second kappa shape index (κ2) is 6.21. The van der Waals surface area contributed by atoms with Gasteiger partial charge in [-0.05, 0) is 44.2 Å². The van der Waals surface area contributed by atoms with E-state index in [4.69, 9.17) is 15.1 Å². The molecule has 4 rings (SSSR count). The number of halogens is 1. The second-order valence-electron chi connectivity index (χ2n) is 6.19. The molecule has 122 valence electrons. The zero-order valence-electron chi connectivity index (χ0n) is 13.3. The molecule has 0 saturated carbocycles. The summed E-state index contributed by atoms with van der Waals surface area (Å²) in [7, 11) is 0. The number of fused-ring (bicyclic) bond motifs is 1. The number of benzene rings is 1. The van der Waals surface area contributed by atoms with Gasteiger partial charge in [0, 0.05) is 23.4 Å². The molecule has 1 aromatic heterocycles. The Balaban J connectivity index is 1.87. The first-order valence-electron chi connectivity index (χ1n) is 8.38. The topological polar surface area (TPSA) is 50.8 Å². The SMILES string of the molecule is N#Cc1cccc(-c2nn(C3CCCCO3)c3c2C=CCC3)c1F. The van der Waals surface area contributed by atoms with E-state index in [-0.39, 0.29) is 11.8 Å². The first kappa shape index (κ1) is 15.1. The quantitative estimate of drug-likeness (QED) is 0.831. The molecule has 0 radical (unpaired) electrons. The lowest BCUT2D eigenvalue weighted by atomic mass is 9.98. The van der Waals surface area contributed by atoms with Crippen molar-refractivity contribution < 1.29 is 9.13 Å². The molecule has 1 aliphatic heterocycles. The number of hydrogen-bond donors (Lipinski definition) is 0. The standard InChI is InChI=1S/C19H18FN3O/c20-18-13(12-21)6-5-8-15(18)19-14-7-1-2-9-16(14)23(22-19)17-10-3-4-11-24-17/h1,5-8,17H,2-4,9-11H2. The number of rotatable bonds is 2. The summed E-state index contributed by atoms with van der Waals surface area (Å²) >= 11 is 0. The second-order valence-corrected chi connectivity index (χ2v) is 6.19. The van der Waals surface area contributed by atoms with Crippen LogP contribution in [0, 0.1) is 17.1 Å². The molecule has 1 saturated heterocycles. The first-order chi connectivity index (χ1) is 11.8. The van der Waals surface area contributed by atoms with Crippen LogP contribution < -0.4 is 0 Å². The Bertz CT molecular complexity index is 841. The van der Waals surface area contributed by atoms with Gasteiger partial charge in [-0.15, -0.1) is 0 Å². The molecule has 2 heterocycles. The van der Waals surface area contributed by atoms with E-state index in [1.54, 1.807) is 12.1 Å². The minimum Gasteiger partial charge on any atom is -0.357 e. The highest BCUT2D eigenvalue weighted by molar-refractivity contribution is 5.75.